The van der Waals surface area contributed by atoms with E-state index in [1.807, 2.05) is 19.1 Å². The van der Waals surface area contributed by atoms with Gasteiger partial charge >= 0.3 is 0 Å². The second-order valence-electron chi connectivity index (χ2n) is 4.37. The van der Waals surface area contributed by atoms with Crippen LogP contribution in [0.5, 0.6) is 0 Å². The Morgan fingerprint density at radius 2 is 1.60 bits per heavy atom. The van der Waals surface area contributed by atoms with Crippen molar-refractivity contribution in [2.75, 3.05) is 0 Å². The van der Waals surface area contributed by atoms with Crippen LogP contribution in [0.15, 0.2) is 12.2 Å². The summed E-state index contributed by atoms with van der Waals surface area (Å²) in [5.74, 6) is 0. The van der Waals surface area contributed by atoms with E-state index in [0.717, 1.165) is 12.8 Å². The maximum Gasteiger partial charge on any atom is 0.0574 e. The minimum atomic E-state index is -0.114. The Labute approximate surface area is 95.6 Å². The van der Waals surface area contributed by atoms with Crippen molar-refractivity contribution in [1.82, 2.24) is 0 Å². The standard InChI is InChI=1S/C14H28O/c1-3-5-7-8-9-10-11-13-14(15)12-6-4-2/h4,6,14-15H,3,5,7-13H2,1-2H3. The zero-order valence-corrected chi connectivity index (χ0v) is 10.5. The predicted molar refractivity (Wildman–Crippen MR) is 68.0 cm³/mol. The summed E-state index contributed by atoms with van der Waals surface area (Å²) < 4.78 is 0. The predicted octanol–water partition coefficient (Wildman–Crippen LogP) is 4.45. The van der Waals surface area contributed by atoms with Crippen molar-refractivity contribution >= 4 is 0 Å². The van der Waals surface area contributed by atoms with Crippen LogP contribution < -0.4 is 0 Å². The third-order valence-electron chi connectivity index (χ3n) is 2.78. The summed E-state index contributed by atoms with van der Waals surface area (Å²) in [5, 5.41) is 9.57. The number of hydrogen-bond acceptors (Lipinski definition) is 1. The largest absolute Gasteiger partial charge is 0.393 e. The molecule has 0 saturated carbocycles. The van der Waals surface area contributed by atoms with Crippen LogP contribution in [0.2, 0.25) is 0 Å². The highest BCUT2D eigenvalue weighted by Gasteiger charge is 2.00. The summed E-state index contributed by atoms with van der Waals surface area (Å²) in [5.41, 5.74) is 0. The maximum absolute atomic E-state index is 9.57. The number of rotatable bonds is 10. The molecule has 0 aromatic carbocycles. The lowest BCUT2D eigenvalue weighted by atomic mass is 10.0. The molecule has 1 unspecified atom stereocenters. The van der Waals surface area contributed by atoms with Gasteiger partial charge in [-0.25, -0.2) is 0 Å². The van der Waals surface area contributed by atoms with Gasteiger partial charge < -0.3 is 5.11 Å². The van der Waals surface area contributed by atoms with E-state index in [0.29, 0.717) is 0 Å². The number of aliphatic hydroxyl groups excluding tert-OH is 1. The Kier molecular flexibility index (Phi) is 11.5. The summed E-state index contributed by atoms with van der Waals surface area (Å²) in [7, 11) is 0. The highest BCUT2D eigenvalue weighted by atomic mass is 16.3. The van der Waals surface area contributed by atoms with E-state index in [-0.39, 0.29) is 6.10 Å². The molecular formula is C14H28O. The van der Waals surface area contributed by atoms with Crippen molar-refractivity contribution in [3.8, 4) is 0 Å². The third-order valence-corrected chi connectivity index (χ3v) is 2.78. The van der Waals surface area contributed by atoms with Crippen molar-refractivity contribution in [3.05, 3.63) is 12.2 Å². The second kappa shape index (κ2) is 11.8. The first-order valence-electron chi connectivity index (χ1n) is 6.60. The van der Waals surface area contributed by atoms with E-state index in [4.69, 9.17) is 0 Å². The fourth-order valence-electron chi connectivity index (χ4n) is 1.75. The number of unbranched alkanes of at least 4 members (excludes halogenated alkanes) is 6. The average Bonchev–Trinajstić information content (AvgIpc) is 2.25. The van der Waals surface area contributed by atoms with Crippen molar-refractivity contribution in [2.45, 2.75) is 77.7 Å². The van der Waals surface area contributed by atoms with Crippen LogP contribution in [0.3, 0.4) is 0 Å². The van der Waals surface area contributed by atoms with E-state index in [1.54, 1.807) is 0 Å². The quantitative estimate of drug-likeness (QED) is 0.419. The zero-order chi connectivity index (χ0) is 11.4. The van der Waals surface area contributed by atoms with Crippen molar-refractivity contribution in [3.63, 3.8) is 0 Å². The molecule has 1 nitrogen and oxygen atoms in total. The number of hydrogen-bond donors (Lipinski definition) is 1. The van der Waals surface area contributed by atoms with Crippen LogP contribution in [0, 0.1) is 0 Å². The minimum absolute atomic E-state index is 0.114. The monoisotopic (exact) mass is 212 g/mol. The lowest BCUT2D eigenvalue weighted by molar-refractivity contribution is 0.163. The summed E-state index contributed by atoms with van der Waals surface area (Å²) in [4.78, 5) is 0. The van der Waals surface area contributed by atoms with Gasteiger partial charge in [-0.1, -0.05) is 64.0 Å². The highest BCUT2D eigenvalue weighted by Crippen LogP contribution is 2.11. The van der Waals surface area contributed by atoms with Crippen LogP contribution in [-0.2, 0) is 0 Å². The molecular weight excluding hydrogens is 184 g/mol. The lowest BCUT2D eigenvalue weighted by Gasteiger charge is -2.07. The molecule has 0 spiro atoms. The van der Waals surface area contributed by atoms with Gasteiger partial charge in [-0.3, -0.25) is 0 Å². The van der Waals surface area contributed by atoms with Gasteiger partial charge in [0.1, 0.15) is 0 Å². The third kappa shape index (κ3) is 11.6. The molecule has 0 bridgehead atoms. The fourth-order valence-corrected chi connectivity index (χ4v) is 1.75. The molecule has 1 atom stereocenters. The van der Waals surface area contributed by atoms with Crippen molar-refractivity contribution in [1.29, 1.82) is 0 Å². The first-order valence-corrected chi connectivity index (χ1v) is 6.60. The first-order chi connectivity index (χ1) is 7.31. The average molecular weight is 212 g/mol. The lowest BCUT2D eigenvalue weighted by Crippen LogP contribution is -2.04. The number of aliphatic hydroxyl groups is 1. The molecule has 1 heteroatoms. The van der Waals surface area contributed by atoms with E-state index in [1.165, 1.54) is 44.9 Å². The summed E-state index contributed by atoms with van der Waals surface area (Å²) in [6.45, 7) is 4.25. The molecule has 0 radical (unpaired) electrons. The molecule has 0 aliphatic rings. The topological polar surface area (TPSA) is 20.2 Å². The van der Waals surface area contributed by atoms with Crippen molar-refractivity contribution in [2.24, 2.45) is 0 Å². The van der Waals surface area contributed by atoms with Gasteiger partial charge in [-0.2, -0.15) is 0 Å². The normalized spacial score (nSPS) is 13.5. The zero-order valence-electron chi connectivity index (χ0n) is 10.5. The Hall–Kier alpha value is -0.300. The highest BCUT2D eigenvalue weighted by molar-refractivity contribution is 4.79. The van der Waals surface area contributed by atoms with E-state index >= 15 is 0 Å². The van der Waals surface area contributed by atoms with Gasteiger partial charge in [-0.05, 0) is 19.8 Å². The first kappa shape index (κ1) is 14.7. The second-order valence-corrected chi connectivity index (χ2v) is 4.37. The van der Waals surface area contributed by atoms with E-state index in [2.05, 4.69) is 6.92 Å². The molecule has 0 heterocycles. The van der Waals surface area contributed by atoms with Crippen molar-refractivity contribution < 1.29 is 5.11 Å². The van der Waals surface area contributed by atoms with Gasteiger partial charge in [0.2, 0.25) is 0 Å². The smallest absolute Gasteiger partial charge is 0.0574 e. The van der Waals surface area contributed by atoms with Crippen LogP contribution >= 0.6 is 0 Å². The molecule has 0 aliphatic heterocycles. The molecule has 0 fully saturated rings. The molecule has 0 saturated heterocycles. The van der Waals surface area contributed by atoms with E-state index in [9.17, 15) is 5.11 Å². The molecule has 0 amide bonds. The summed E-state index contributed by atoms with van der Waals surface area (Å²) >= 11 is 0. The van der Waals surface area contributed by atoms with Crippen LogP contribution in [-0.4, -0.2) is 11.2 Å². The Balaban J connectivity index is 3.09. The van der Waals surface area contributed by atoms with Gasteiger partial charge in [0, 0.05) is 0 Å². The molecule has 0 aliphatic carbocycles. The maximum atomic E-state index is 9.57. The molecule has 1 N–H and O–H groups in total. The van der Waals surface area contributed by atoms with Crippen LogP contribution in [0.25, 0.3) is 0 Å². The van der Waals surface area contributed by atoms with E-state index < -0.39 is 0 Å². The van der Waals surface area contributed by atoms with Gasteiger partial charge in [0.05, 0.1) is 6.10 Å². The van der Waals surface area contributed by atoms with Crippen LogP contribution in [0.1, 0.15) is 71.6 Å². The molecule has 90 valence electrons. The van der Waals surface area contributed by atoms with Gasteiger partial charge in [-0.15, -0.1) is 0 Å². The summed E-state index contributed by atoms with van der Waals surface area (Å²) in [6.07, 6.45) is 15.0. The minimum Gasteiger partial charge on any atom is -0.393 e. The fraction of sp³-hybridized carbons (Fsp3) is 0.857. The molecule has 0 rings (SSSR count). The molecule has 0 aromatic rings. The Morgan fingerprint density at radius 3 is 2.20 bits per heavy atom. The molecule has 0 aromatic heterocycles. The van der Waals surface area contributed by atoms with Gasteiger partial charge in [0.25, 0.3) is 0 Å². The molecule has 15 heavy (non-hydrogen) atoms. The Morgan fingerprint density at radius 1 is 1.00 bits per heavy atom. The SMILES string of the molecule is CC=CCC(O)CCCCCCCCC. The Bertz CT molecular complexity index is 140. The van der Waals surface area contributed by atoms with Gasteiger partial charge in [0.15, 0.2) is 0 Å². The van der Waals surface area contributed by atoms with Crippen LogP contribution in [0.4, 0.5) is 0 Å². The summed E-state index contributed by atoms with van der Waals surface area (Å²) in [6, 6.07) is 0. The number of allylic oxidation sites excluding steroid dienone is 1.